The molecule has 0 aromatic carbocycles. The van der Waals surface area contributed by atoms with Crippen LogP contribution < -0.4 is 10.9 Å². The maximum atomic E-state index is 12.0. The number of aromatic amines is 1. The van der Waals surface area contributed by atoms with Crippen LogP contribution in [-0.4, -0.2) is 65.3 Å². The molecule has 1 aliphatic rings. The lowest BCUT2D eigenvalue weighted by Crippen LogP contribution is -2.59. The van der Waals surface area contributed by atoms with Gasteiger partial charge < -0.3 is 24.3 Å². The molecule has 1 fully saturated rings. The largest absolute Gasteiger partial charge is 0.456 e. The molecule has 0 radical (unpaired) electrons. The van der Waals surface area contributed by atoms with Gasteiger partial charge in [-0.2, -0.15) is 0 Å². The highest BCUT2D eigenvalue weighted by Gasteiger charge is 2.47. The van der Waals surface area contributed by atoms with Crippen molar-refractivity contribution < 1.29 is 33.3 Å². The molecule has 1 aromatic rings. The first-order chi connectivity index (χ1) is 14.2. The second-order valence-electron chi connectivity index (χ2n) is 6.06. The van der Waals surface area contributed by atoms with Gasteiger partial charge in [0.2, 0.25) is 5.69 Å². The van der Waals surface area contributed by atoms with Gasteiger partial charge in [-0.05, 0) is 11.4 Å². The first kappa shape index (κ1) is 23.3. The standard InChI is InChI=1S/C16H20N4O9S/c1-6(21)27-9-5-26-15(12(29-8(3)23)11(9)28-7(2)22)17-13-10(20-25)14(24)19-16(18-13)30-4/h9,11-12,15H,5H2,1-4H3,(H2,17,18,19,24)/t9-,11+,12-,15-/m1/s1. The molecular weight excluding hydrogens is 424 g/mol. The molecule has 1 aliphatic heterocycles. The van der Waals surface area contributed by atoms with E-state index in [9.17, 15) is 24.1 Å². The second kappa shape index (κ2) is 10.2. The predicted molar refractivity (Wildman–Crippen MR) is 102 cm³/mol. The van der Waals surface area contributed by atoms with E-state index in [1.807, 2.05) is 0 Å². The highest BCUT2D eigenvalue weighted by Crippen LogP contribution is 2.28. The van der Waals surface area contributed by atoms with Gasteiger partial charge in [-0.15, -0.1) is 4.91 Å². The molecule has 0 bridgehead atoms. The number of carbonyl (C=O) groups excluding carboxylic acids is 3. The summed E-state index contributed by atoms with van der Waals surface area (Å²) in [6.07, 6.45) is -3.16. The zero-order valence-corrected chi connectivity index (χ0v) is 17.3. The van der Waals surface area contributed by atoms with E-state index in [4.69, 9.17) is 18.9 Å². The number of rotatable bonds is 7. The van der Waals surface area contributed by atoms with E-state index in [0.717, 1.165) is 32.5 Å². The molecule has 2 rings (SSSR count). The summed E-state index contributed by atoms with van der Waals surface area (Å²) in [7, 11) is 0. The van der Waals surface area contributed by atoms with E-state index in [-0.39, 0.29) is 17.6 Å². The Bertz CT molecular complexity index is 890. The van der Waals surface area contributed by atoms with Gasteiger partial charge in [0.15, 0.2) is 35.5 Å². The summed E-state index contributed by atoms with van der Waals surface area (Å²) in [6.45, 7) is 3.16. The fourth-order valence-corrected chi connectivity index (χ4v) is 3.11. The number of anilines is 1. The van der Waals surface area contributed by atoms with Crippen molar-refractivity contribution in [2.45, 2.75) is 50.5 Å². The van der Waals surface area contributed by atoms with Gasteiger partial charge in [0.25, 0.3) is 5.56 Å². The highest BCUT2D eigenvalue weighted by atomic mass is 32.2. The molecule has 0 aliphatic carbocycles. The summed E-state index contributed by atoms with van der Waals surface area (Å²) in [5, 5.41) is 5.54. The molecule has 30 heavy (non-hydrogen) atoms. The average molecular weight is 444 g/mol. The quantitative estimate of drug-likeness (QED) is 0.195. The summed E-state index contributed by atoms with van der Waals surface area (Å²) >= 11 is 1.10. The average Bonchev–Trinajstić information content (AvgIpc) is 2.64. The SMILES string of the molecule is CSc1nc(N[C@@H]2OC[C@@H](OC(C)=O)[C@H](OC(C)=O)[C@H]2OC(C)=O)c(N=O)c(=O)[nH]1. The van der Waals surface area contributed by atoms with Crippen LogP contribution in [0.15, 0.2) is 15.1 Å². The molecule has 0 amide bonds. The Balaban J connectivity index is 2.43. The van der Waals surface area contributed by atoms with Crippen molar-refractivity contribution in [3.8, 4) is 0 Å². The fourth-order valence-electron chi connectivity index (χ4n) is 2.73. The zero-order chi connectivity index (χ0) is 22.4. The molecule has 4 atom stereocenters. The van der Waals surface area contributed by atoms with Gasteiger partial charge >= 0.3 is 17.9 Å². The van der Waals surface area contributed by atoms with Crippen molar-refractivity contribution in [3.05, 3.63) is 15.3 Å². The summed E-state index contributed by atoms with van der Waals surface area (Å²) in [5.41, 5.74) is -1.34. The predicted octanol–water partition coefficient (Wildman–Crippen LogP) is 0.453. The number of H-pyrrole nitrogens is 1. The highest BCUT2D eigenvalue weighted by molar-refractivity contribution is 7.98. The molecule has 0 spiro atoms. The zero-order valence-electron chi connectivity index (χ0n) is 16.5. The lowest BCUT2D eigenvalue weighted by atomic mass is 10.0. The van der Waals surface area contributed by atoms with Crippen molar-refractivity contribution in [2.75, 3.05) is 18.2 Å². The summed E-state index contributed by atoms with van der Waals surface area (Å²) in [5.74, 6) is -2.35. The van der Waals surface area contributed by atoms with Crippen molar-refractivity contribution >= 4 is 41.2 Å². The van der Waals surface area contributed by atoms with Gasteiger partial charge in [-0.3, -0.25) is 24.2 Å². The van der Waals surface area contributed by atoms with Gasteiger partial charge in [0.1, 0.15) is 0 Å². The van der Waals surface area contributed by atoms with Crippen molar-refractivity contribution in [1.82, 2.24) is 9.97 Å². The molecule has 2 heterocycles. The van der Waals surface area contributed by atoms with Crippen LogP contribution in [0.2, 0.25) is 0 Å². The van der Waals surface area contributed by atoms with E-state index < -0.39 is 53.7 Å². The number of thioether (sulfide) groups is 1. The Hall–Kier alpha value is -3.00. The minimum Gasteiger partial charge on any atom is -0.456 e. The molecule has 1 saturated heterocycles. The van der Waals surface area contributed by atoms with Crippen LogP contribution >= 0.6 is 11.8 Å². The first-order valence-corrected chi connectivity index (χ1v) is 9.80. The van der Waals surface area contributed by atoms with Crippen LogP contribution in [0.1, 0.15) is 20.8 Å². The normalized spacial score (nSPS) is 23.2. The smallest absolute Gasteiger partial charge is 0.303 e. The second-order valence-corrected chi connectivity index (χ2v) is 6.85. The Morgan fingerprint density at radius 1 is 1.13 bits per heavy atom. The van der Waals surface area contributed by atoms with Crippen LogP contribution in [-0.2, 0) is 33.3 Å². The fraction of sp³-hybridized carbons (Fsp3) is 0.562. The van der Waals surface area contributed by atoms with Crippen LogP contribution in [0.3, 0.4) is 0 Å². The van der Waals surface area contributed by atoms with E-state index in [1.54, 1.807) is 6.26 Å². The summed E-state index contributed by atoms with van der Waals surface area (Å²) in [4.78, 5) is 64.2. The number of aromatic nitrogens is 2. The third kappa shape index (κ3) is 5.76. The van der Waals surface area contributed by atoms with E-state index in [0.29, 0.717) is 0 Å². The molecule has 13 nitrogen and oxygen atoms in total. The summed E-state index contributed by atoms with van der Waals surface area (Å²) < 4.78 is 21.1. The number of hydrogen-bond donors (Lipinski definition) is 2. The lowest BCUT2D eigenvalue weighted by molar-refractivity contribution is -0.221. The molecule has 0 saturated carbocycles. The Morgan fingerprint density at radius 2 is 1.73 bits per heavy atom. The van der Waals surface area contributed by atoms with Gasteiger partial charge in [-0.1, -0.05) is 11.8 Å². The lowest BCUT2D eigenvalue weighted by Gasteiger charge is -2.40. The minimum atomic E-state index is -1.30. The van der Waals surface area contributed by atoms with Crippen LogP contribution in [0, 0.1) is 4.91 Å². The molecule has 1 aromatic heterocycles. The topological polar surface area (TPSA) is 175 Å². The molecule has 2 N–H and O–H groups in total. The van der Waals surface area contributed by atoms with Crippen molar-refractivity contribution in [2.24, 2.45) is 5.18 Å². The van der Waals surface area contributed by atoms with Gasteiger partial charge in [0, 0.05) is 20.8 Å². The van der Waals surface area contributed by atoms with E-state index in [2.05, 4.69) is 20.5 Å². The minimum absolute atomic E-state index is 0.184. The first-order valence-electron chi connectivity index (χ1n) is 8.57. The van der Waals surface area contributed by atoms with Crippen molar-refractivity contribution in [3.63, 3.8) is 0 Å². The third-order valence-electron chi connectivity index (χ3n) is 3.79. The Labute approximate surface area is 174 Å². The van der Waals surface area contributed by atoms with Gasteiger partial charge in [-0.25, -0.2) is 4.98 Å². The van der Waals surface area contributed by atoms with Crippen LogP contribution in [0.5, 0.6) is 0 Å². The van der Waals surface area contributed by atoms with E-state index >= 15 is 0 Å². The monoisotopic (exact) mass is 444 g/mol. The van der Waals surface area contributed by atoms with Crippen molar-refractivity contribution in [1.29, 1.82) is 0 Å². The summed E-state index contributed by atoms with van der Waals surface area (Å²) in [6, 6.07) is 0. The molecular formula is C16H20N4O9S. The van der Waals surface area contributed by atoms with Crippen LogP contribution in [0.25, 0.3) is 0 Å². The van der Waals surface area contributed by atoms with E-state index in [1.165, 1.54) is 0 Å². The number of nitroso groups, excluding NO2 is 1. The van der Waals surface area contributed by atoms with Gasteiger partial charge in [0.05, 0.1) is 6.61 Å². The molecule has 0 unspecified atom stereocenters. The maximum Gasteiger partial charge on any atom is 0.303 e. The third-order valence-corrected chi connectivity index (χ3v) is 4.37. The number of nitrogens with one attached hydrogen (secondary N) is 2. The Kier molecular flexibility index (Phi) is 7.88. The number of carbonyl (C=O) groups is 3. The van der Waals surface area contributed by atoms with Crippen LogP contribution in [0.4, 0.5) is 11.5 Å². The Morgan fingerprint density at radius 3 is 2.27 bits per heavy atom. The maximum absolute atomic E-state index is 12.0. The molecule has 14 heteroatoms. The number of nitrogens with zero attached hydrogens (tertiary/aromatic N) is 2. The number of ether oxygens (including phenoxy) is 4. The molecule has 164 valence electrons. The number of hydrogen-bond acceptors (Lipinski definition) is 13. The number of esters is 3.